The number of aldehydes is 1. The molecule has 6 nitrogen and oxygen atoms in total. The number of ether oxygens (including phenoxy) is 1. The molecule has 0 amide bonds. The van der Waals surface area contributed by atoms with E-state index in [0.717, 1.165) is 28.1 Å². The predicted octanol–water partition coefficient (Wildman–Crippen LogP) is 4.05. The summed E-state index contributed by atoms with van der Waals surface area (Å²) in [6.45, 7) is 0. The van der Waals surface area contributed by atoms with Crippen LogP contribution < -0.4 is 0 Å². The average molecular weight is 374 g/mol. The van der Waals surface area contributed by atoms with E-state index in [2.05, 4.69) is 9.97 Å². The van der Waals surface area contributed by atoms with Crippen LogP contribution in [-0.2, 0) is 9.53 Å². The molecule has 2 heterocycles. The molecule has 0 radical (unpaired) electrons. The van der Waals surface area contributed by atoms with Gasteiger partial charge in [-0.05, 0) is 24.3 Å². The topological polar surface area (TPSA) is 89.4 Å². The average Bonchev–Trinajstić information content (AvgIpc) is 2.74. The molecule has 4 rings (SSSR count). The third kappa shape index (κ3) is 4.02. The molecule has 0 saturated heterocycles. The Balaban J connectivity index is 0.000000167. The normalized spacial score (nSPS) is 11.5. The van der Waals surface area contributed by atoms with E-state index in [1.165, 1.54) is 7.11 Å². The van der Waals surface area contributed by atoms with E-state index in [-0.39, 0.29) is 0 Å². The van der Waals surface area contributed by atoms with Gasteiger partial charge < -0.3 is 9.84 Å². The number of nitrogens with zero attached hydrogens (tertiary/aromatic N) is 2. The van der Waals surface area contributed by atoms with E-state index in [4.69, 9.17) is 9.84 Å². The zero-order chi connectivity index (χ0) is 19.9. The standard InChI is InChI=1S/C12H11NO3.C10H7NO/c1-16-11(12(14)15)9-4-2-6-10-8(9)5-3-7-13-10;12-7-8-3-1-5-10-9(8)4-2-6-11-10/h2-7,11H,1H3,(H,14,15);1-7H. The number of benzene rings is 2. The molecule has 6 heteroatoms. The van der Waals surface area contributed by atoms with E-state index in [0.29, 0.717) is 11.1 Å². The zero-order valence-corrected chi connectivity index (χ0v) is 15.1. The molecule has 0 spiro atoms. The number of carbonyl (C=O) groups is 2. The lowest BCUT2D eigenvalue weighted by atomic mass is 10.0. The maximum absolute atomic E-state index is 11.0. The highest BCUT2D eigenvalue weighted by molar-refractivity contribution is 5.96. The van der Waals surface area contributed by atoms with Crippen LogP contribution in [0.1, 0.15) is 22.0 Å². The van der Waals surface area contributed by atoms with Gasteiger partial charge in [0.2, 0.25) is 0 Å². The number of fused-ring (bicyclic) bond motifs is 2. The highest BCUT2D eigenvalue weighted by Crippen LogP contribution is 2.25. The molecule has 140 valence electrons. The Morgan fingerprint density at radius 2 is 1.54 bits per heavy atom. The molecular formula is C22H18N2O4. The van der Waals surface area contributed by atoms with Gasteiger partial charge in [-0.3, -0.25) is 14.8 Å². The maximum atomic E-state index is 11.0. The molecule has 0 aliphatic heterocycles. The lowest BCUT2D eigenvalue weighted by Crippen LogP contribution is -2.13. The van der Waals surface area contributed by atoms with Crippen LogP contribution >= 0.6 is 0 Å². The lowest BCUT2D eigenvalue weighted by Gasteiger charge is -2.12. The van der Waals surface area contributed by atoms with Gasteiger partial charge in [-0.15, -0.1) is 0 Å². The minimum absolute atomic E-state index is 0.626. The molecule has 0 aliphatic rings. The Morgan fingerprint density at radius 3 is 2.14 bits per heavy atom. The maximum Gasteiger partial charge on any atom is 0.337 e. The second kappa shape index (κ2) is 8.83. The van der Waals surface area contributed by atoms with Gasteiger partial charge in [0.1, 0.15) is 0 Å². The number of pyridine rings is 2. The Morgan fingerprint density at radius 1 is 0.929 bits per heavy atom. The summed E-state index contributed by atoms with van der Waals surface area (Å²) in [7, 11) is 1.38. The SMILES string of the molecule is COC(C(=O)O)c1cccc2ncccc12.O=Cc1cccc2ncccc12. The highest BCUT2D eigenvalue weighted by Gasteiger charge is 2.20. The van der Waals surface area contributed by atoms with Crippen LogP contribution in [0.2, 0.25) is 0 Å². The van der Waals surface area contributed by atoms with Crippen LogP contribution in [0.5, 0.6) is 0 Å². The van der Waals surface area contributed by atoms with Crippen LogP contribution in [0.15, 0.2) is 73.1 Å². The number of carbonyl (C=O) groups excluding carboxylic acids is 1. The number of methoxy groups -OCH3 is 1. The lowest BCUT2D eigenvalue weighted by molar-refractivity contribution is -0.148. The number of rotatable bonds is 4. The Bertz CT molecular complexity index is 1120. The number of aliphatic carboxylic acids is 1. The first-order valence-corrected chi connectivity index (χ1v) is 8.54. The molecular weight excluding hydrogens is 356 g/mol. The Kier molecular flexibility index (Phi) is 6.04. The number of hydrogen-bond acceptors (Lipinski definition) is 5. The first-order chi connectivity index (χ1) is 13.7. The third-order valence-electron chi connectivity index (χ3n) is 4.23. The molecule has 0 fully saturated rings. The van der Waals surface area contributed by atoms with E-state index < -0.39 is 12.1 Å². The van der Waals surface area contributed by atoms with Crippen molar-refractivity contribution in [3.8, 4) is 0 Å². The van der Waals surface area contributed by atoms with Gasteiger partial charge in [0.05, 0.1) is 11.0 Å². The number of carboxylic acid groups (broad SMARTS) is 1. The fourth-order valence-corrected chi connectivity index (χ4v) is 2.95. The van der Waals surface area contributed by atoms with Crippen molar-refractivity contribution in [1.29, 1.82) is 0 Å². The largest absolute Gasteiger partial charge is 0.479 e. The van der Waals surface area contributed by atoms with Crippen molar-refractivity contribution in [3.63, 3.8) is 0 Å². The van der Waals surface area contributed by atoms with Gasteiger partial charge in [-0.1, -0.05) is 36.4 Å². The minimum Gasteiger partial charge on any atom is -0.479 e. The van der Waals surface area contributed by atoms with Crippen molar-refractivity contribution in [1.82, 2.24) is 9.97 Å². The van der Waals surface area contributed by atoms with Crippen molar-refractivity contribution < 1.29 is 19.4 Å². The summed E-state index contributed by atoms with van der Waals surface area (Å²) in [6, 6.07) is 18.2. The fourth-order valence-electron chi connectivity index (χ4n) is 2.95. The molecule has 0 aliphatic carbocycles. The van der Waals surface area contributed by atoms with Crippen molar-refractivity contribution in [2.45, 2.75) is 6.10 Å². The minimum atomic E-state index is -1.00. The monoisotopic (exact) mass is 374 g/mol. The first-order valence-electron chi connectivity index (χ1n) is 8.54. The van der Waals surface area contributed by atoms with Crippen LogP contribution in [0.4, 0.5) is 0 Å². The van der Waals surface area contributed by atoms with Gasteiger partial charge in [-0.25, -0.2) is 4.79 Å². The second-order valence-electron chi connectivity index (χ2n) is 5.91. The van der Waals surface area contributed by atoms with Crippen LogP contribution in [0, 0.1) is 0 Å². The number of hydrogen-bond donors (Lipinski definition) is 1. The van der Waals surface area contributed by atoms with Gasteiger partial charge in [0.15, 0.2) is 12.4 Å². The summed E-state index contributed by atoms with van der Waals surface area (Å²) < 4.78 is 4.98. The van der Waals surface area contributed by atoms with Crippen LogP contribution in [-0.4, -0.2) is 34.4 Å². The Labute approximate surface area is 161 Å². The summed E-state index contributed by atoms with van der Waals surface area (Å²) in [4.78, 5) is 29.9. The molecule has 1 atom stereocenters. The molecule has 2 aromatic heterocycles. The van der Waals surface area contributed by atoms with Gasteiger partial charge in [0.25, 0.3) is 0 Å². The summed E-state index contributed by atoms with van der Waals surface area (Å²) in [6.07, 6.45) is 3.29. The Hall–Kier alpha value is -3.64. The van der Waals surface area contributed by atoms with E-state index >= 15 is 0 Å². The van der Waals surface area contributed by atoms with Crippen LogP contribution in [0.3, 0.4) is 0 Å². The third-order valence-corrected chi connectivity index (χ3v) is 4.23. The zero-order valence-electron chi connectivity index (χ0n) is 15.1. The molecule has 0 bridgehead atoms. The van der Waals surface area contributed by atoms with Crippen molar-refractivity contribution in [3.05, 3.63) is 84.2 Å². The van der Waals surface area contributed by atoms with Crippen molar-refractivity contribution >= 4 is 34.1 Å². The van der Waals surface area contributed by atoms with E-state index in [1.54, 1.807) is 36.7 Å². The van der Waals surface area contributed by atoms with Crippen molar-refractivity contribution in [2.24, 2.45) is 0 Å². The van der Waals surface area contributed by atoms with E-state index in [9.17, 15) is 9.59 Å². The van der Waals surface area contributed by atoms with E-state index in [1.807, 2.05) is 36.4 Å². The summed E-state index contributed by atoms with van der Waals surface area (Å²) in [5, 5.41) is 10.8. The van der Waals surface area contributed by atoms with Crippen molar-refractivity contribution in [2.75, 3.05) is 7.11 Å². The smallest absolute Gasteiger partial charge is 0.337 e. The molecule has 4 aromatic rings. The van der Waals surface area contributed by atoms with Crippen LogP contribution in [0.25, 0.3) is 21.8 Å². The first kappa shape index (κ1) is 19.1. The van der Waals surface area contributed by atoms with Gasteiger partial charge in [0, 0.05) is 41.4 Å². The summed E-state index contributed by atoms with van der Waals surface area (Å²) >= 11 is 0. The van der Waals surface area contributed by atoms with Gasteiger partial charge in [-0.2, -0.15) is 0 Å². The number of aromatic nitrogens is 2. The second-order valence-corrected chi connectivity index (χ2v) is 5.91. The number of carboxylic acids is 1. The highest BCUT2D eigenvalue weighted by atomic mass is 16.5. The summed E-state index contributed by atoms with van der Waals surface area (Å²) in [5.41, 5.74) is 2.95. The molecule has 1 unspecified atom stereocenters. The van der Waals surface area contributed by atoms with Gasteiger partial charge >= 0.3 is 5.97 Å². The summed E-state index contributed by atoms with van der Waals surface area (Å²) in [5.74, 6) is -1.00. The molecule has 2 aromatic carbocycles. The quantitative estimate of drug-likeness (QED) is 0.542. The molecule has 1 N–H and O–H groups in total. The fraction of sp³-hybridized carbons (Fsp3) is 0.0909. The molecule has 28 heavy (non-hydrogen) atoms. The predicted molar refractivity (Wildman–Crippen MR) is 106 cm³/mol. The molecule has 0 saturated carbocycles.